The molecule has 0 bridgehead atoms. The molecule has 0 spiro atoms. The zero-order valence-electron chi connectivity index (χ0n) is 10.6. The van der Waals surface area contributed by atoms with Gasteiger partial charge in [-0.15, -0.1) is 0 Å². The minimum Gasteiger partial charge on any atom is -0.469 e. The molecular weight excluding hydrogens is 216 g/mol. The summed E-state index contributed by atoms with van der Waals surface area (Å²) in [6.45, 7) is 2.76. The van der Waals surface area contributed by atoms with Gasteiger partial charge >= 0.3 is 5.97 Å². The summed E-state index contributed by atoms with van der Waals surface area (Å²) in [5, 5.41) is 0. The molecule has 0 aromatic heterocycles. The van der Waals surface area contributed by atoms with E-state index in [0.29, 0.717) is 13.0 Å². The van der Waals surface area contributed by atoms with E-state index >= 15 is 0 Å². The summed E-state index contributed by atoms with van der Waals surface area (Å²) in [6, 6.07) is 8.03. The van der Waals surface area contributed by atoms with Gasteiger partial charge in [0.05, 0.1) is 13.5 Å². The third-order valence-electron chi connectivity index (χ3n) is 2.95. The Morgan fingerprint density at radius 3 is 2.82 bits per heavy atom. The second-order valence-electron chi connectivity index (χ2n) is 4.15. The number of anilines is 1. The number of hydrogen-bond donors (Lipinski definition) is 1. The van der Waals surface area contributed by atoms with Crippen molar-refractivity contribution in [3.63, 3.8) is 0 Å². The number of ether oxygens (including phenoxy) is 1. The Morgan fingerprint density at radius 2 is 2.24 bits per heavy atom. The molecule has 2 N–H and O–H groups in total. The lowest BCUT2D eigenvalue weighted by atomic mass is 10.1. The summed E-state index contributed by atoms with van der Waals surface area (Å²) in [4.78, 5) is 13.2. The minimum absolute atomic E-state index is 0.184. The van der Waals surface area contributed by atoms with Crippen LogP contribution >= 0.6 is 0 Å². The number of nitrogens with two attached hydrogens (primary N) is 1. The number of methoxy groups -OCH3 is 1. The van der Waals surface area contributed by atoms with Crippen molar-refractivity contribution in [2.75, 3.05) is 26.4 Å². The van der Waals surface area contributed by atoms with Crippen LogP contribution in [0.1, 0.15) is 24.9 Å². The summed E-state index contributed by atoms with van der Waals surface area (Å²) in [5.74, 6) is -0.184. The van der Waals surface area contributed by atoms with Crippen molar-refractivity contribution in [3.8, 4) is 0 Å². The second kappa shape index (κ2) is 6.25. The molecule has 0 fully saturated rings. The van der Waals surface area contributed by atoms with Gasteiger partial charge in [-0.2, -0.15) is 0 Å². The quantitative estimate of drug-likeness (QED) is 0.626. The van der Waals surface area contributed by atoms with E-state index in [-0.39, 0.29) is 12.0 Å². The number of rotatable bonds is 5. The summed E-state index contributed by atoms with van der Waals surface area (Å²) in [7, 11) is 3.39. The van der Waals surface area contributed by atoms with Crippen LogP contribution in [0.3, 0.4) is 0 Å². The molecule has 0 saturated heterocycles. The molecule has 17 heavy (non-hydrogen) atoms. The van der Waals surface area contributed by atoms with Crippen LogP contribution in [-0.2, 0) is 9.53 Å². The van der Waals surface area contributed by atoms with E-state index in [1.165, 1.54) is 7.11 Å². The first-order chi connectivity index (χ1) is 8.04. The van der Waals surface area contributed by atoms with Gasteiger partial charge in [0, 0.05) is 18.3 Å². The van der Waals surface area contributed by atoms with Crippen molar-refractivity contribution < 1.29 is 9.53 Å². The van der Waals surface area contributed by atoms with E-state index in [1.807, 2.05) is 31.3 Å². The summed E-state index contributed by atoms with van der Waals surface area (Å²) >= 11 is 0. The Kier molecular flexibility index (Phi) is 4.97. The van der Waals surface area contributed by atoms with Gasteiger partial charge in [-0.1, -0.05) is 12.1 Å². The van der Waals surface area contributed by atoms with Crippen LogP contribution in [0.15, 0.2) is 24.3 Å². The van der Waals surface area contributed by atoms with Crippen LogP contribution in [0.4, 0.5) is 5.69 Å². The predicted molar refractivity (Wildman–Crippen MR) is 68.5 cm³/mol. The first-order valence-corrected chi connectivity index (χ1v) is 5.67. The third kappa shape index (κ3) is 4.07. The lowest BCUT2D eigenvalue weighted by Gasteiger charge is -2.24. The van der Waals surface area contributed by atoms with Gasteiger partial charge in [0.2, 0.25) is 0 Å². The third-order valence-corrected chi connectivity index (χ3v) is 2.95. The van der Waals surface area contributed by atoms with Crippen molar-refractivity contribution >= 4 is 11.7 Å². The number of nitrogens with zero attached hydrogens (tertiary/aromatic N) is 1. The zero-order chi connectivity index (χ0) is 12.8. The van der Waals surface area contributed by atoms with Crippen molar-refractivity contribution in [1.29, 1.82) is 0 Å². The minimum atomic E-state index is -0.184. The van der Waals surface area contributed by atoms with Crippen molar-refractivity contribution in [1.82, 2.24) is 4.90 Å². The molecule has 0 aliphatic carbocycles. The average Bonchev–Trinajstić information content (AvgIpc) is 2.34. The number of carbonyl (C=O) groups excluding carboxylic acids is 1. The average molecular weight is 236 g/mol. The number of hydrogen-bond acceptors (Lipinski definition) is 4. The van der Waals surface area contributed by atoms with Gasteiger partial charge in [-0.25, -0.2) is 0 Å². The molecule has 1 atom stereocenters. The summed E-state index contributed by atoms with van der Waals surface area (Å²) in [6.07, 6.45) is 0.402. The predicted octanol–water partition coefficient (Wildman–Crippen LogP) is 1.82. The van der Waals surface area contributed by atoms with E-state index in [4.69, 9.17) is 5.73 Å². The highest BCUT2D eigenvalue weighted by molar-refractivity contribution is 5.69. The Morgan fingerprint density at radius 1 is 1.53 bits per heavy atom. The molecule has 1 rings (SSSR count). The Balaban J connectivity index is 2.57. The number of benzene rings is 1. The van der Waals surface area contributed by atoms with Crippen molar-refractivity contribution in [3.05, 3.63) is 29.8 Å². The fourth-order valence-corrected chi connectivity index (χ4v) is 1.64. The van der Waals surface area contributed by atoms with Gasteiger partial charge in [-0.05, 0) is 31.7 Å². The summed E-state index contributed by atoms with van der Waals surface area (Å²) < 4.78 is 4.62. The number of esters is 1. The topological polar surface area (TPSA) is 55.6 Å². The van der Waals surface area contributed by atoms with Crippen molar-refractivity contribution in [2.24, 2.45) is 0 Å². The molecule has 1 unspecified atom stereocenters. The molecule has 0 saturated carbocycles. The number of nitrogen functional groups attached to an aromatic ring is 1. The normalized spacial score (nSPS) is 12.5. The smallest absolute Gasteiger partial charge is 0.306 e. The van der Waals surface area contributed by atoms with E-state index in [2.05, 4.69) is 16.6 Å². The van der Waals surface area contributed by atoms with Crippen LogP contribution in [-0.4, -0.2) is 31.6 Å². The standard InChI is InChI=1S/C13H20N2O2/c1-10(11-5-4-6-12(14)9-11)15(2)8-7-13(16)17-3/h4-6,9-10H,7-8,14H2,1-3H3. The molecule has 0 heterocycles. The monoisotopic (exact) mass is 236 g/mol. The molecule has 0 amide bonds. The van der Waals surface area contributed by atoms with Crippen LogP contribution in [0.5, 0.6) is 0 Å². The van der Waals surface area contributed by atoms with Gasteiger partial charge in [0.25, 0.3) is 0 Å². The Hall–Kier alpha value is -1.55. The molecule has 0 radical (unpaired) electrons. The lowest BCUT2D eigenvalue weighted by molar-refractivity contribution is -0.141. The van der Waals surface area contributed by atoms with Crippen molar-refractivity contribution in [2.45, 2.75) is 19.4 Å². The van der Waals surface area contributed by atoms with Crippen LogP contribution in [0, 0.1) is 0 Å². The van der Waals surface area contributed by atoms with E-state index in [0.717, 1.165) is 11.3 Å². The van der Waals surface area contributed by atoms with E-state index < -0.39 is 0 Å². The Labute approximate surface area is 102 Å². The molecule has 94 valence electrons. The highest BCUT2D eigenvalue weighted by atomic mass is 16.5. The van der Waals surface area contributed by atoms with Gasteiger partial charge < -0.3 is 10.5 Å². The SMILES string of the molecule is COC(=O)CCN(C)C(C)c1cccc(N)c1. The molecule has 4 nitrogen and oxygen atoms in total. The molecule has 1 aromatic carbocycles. The van der Waals surface area contributed by atoms with Crippen LogP contribution in [0.25, 0.3) is 0 Å². The first-order valence-electron chi connectivity index (χ1n) is 5.67. The van der Waals surface area contributed by atoms with E-state index in [1.54, 1.807) is 0 Å². The maximum absolute atomic E-state index is 11.1. The lowest BCUT2D eigenvalue weighted by Crippen LogP contribution is -2.25. The van der Waals surface area contributed by atoms with Crippen LogP contribution < -0.4 is 5.73 Å². The van der Waals surface area contributed by atoms with Gasteiger partial charge in [0.1, 0.15) is 0 Å². The maximum Gasteiger partial charge on any atom is 0.306 e. The molecule has 0 aliphatic rings. The Bertz CT molecular complexity index is 379. The highest BCUT2D eigenvalue weighted by Gasteiger charge is 2.13. The highest BCUT2D eigenvalue weighted by Crippen LogP contribution is 2.20. The maximum atomic E-state index is 11.1. The second-order valence-corrected chi connectivity index (χ2v) is 4.15. The largest absolute Gasteiger partial charge is 0.469 e. The van der Waals surface area contributed by atoms with Gasteiger partial charge in [-0.3, -0.25) is 9.69 Å². The molecule has 0 aliphatic heterocycles. The fourth-order valence-electron chi connectivity index (χ4n) is 1.64. The first kappa shape index (κ1) is 13.5. The molecular formula is C13H20N2O2. The summed E-state index contributed by atoms with van der Waals surface area (Å²) in [5.41, 5.74) is 7.66. The molecule has 1 aromatic rings. The van der Waals surface area contributed by atoms with E-state index in [9.17, 15) is 4.79 Å². The van der Waals surface area contributed by atoms with Gasteiger partial charge in [0.15, 0.2) is 0 Å². The number of carbonyl (C=O) groups is 1. The molecule has 4 heteroatoms. The fraction of sp³-hybridized carbons (Fsp3) is 0.462. The van der Waals surface area contributed by atoms with Crippen LogP contribution in [0.2, 0.25) is 0 Å². The zero-order valence-corrected chi connectivity index (χ0v) is 10.6.